The lowest BCUT2D eigenvalue weighted by atomic mass is 9.88. The second-order valence-electron chi connectivity index (χ2n) is 8.42. The average molecular weight is 435 g/mol. The van der Waals surface area contributed by atoms with Crippen LogP contribution in [0, 0.1) is 0 Å². The van der Waals surface area contributed by atoms with Gasteiger partial charge in [-0.15, -0.1) is 11.3 Å². The smallest absolute Gasteiger partial charge is 0.226 e. The summed E-state index contributed by atoms with van der Waals surface area (Å²) in [7, 11) is 0. The van der Waals surface area contributed by atoms with E-state index in [2.05, 4.69) is 30.7 Å². The Bertz CT molecular complexity index is 1000. The molecule has 1 aromatic carbocycles. The number of fused-ring (bicyclic) bond motifs is 1. The number of halogens is 2. The maximum atomic E-state index is 6.41. The van der Waals surface area contributed by atoms with E-state index in [1.54, 1.807) is 17.7 Å². The van der Waals surface area contributed by atoms with Gasteiger partial charge in [-0.25, -0.2) is 9.97 Å². The quantitative estimate of drug-likeness (QED) is 0.423. The summed E-state index contributed by atoms with van der Waals surface area (Å²) in [6.45, 7) is 6.65. The van der Waals surface area contributed by atoms with Crippen LogP contribution in [-0.2, 0) is 5.41 Å². The molecule has 1 fully saturated rings. The summed E-state index contributed by atoms with van der Waals surface area (Å²) in [6, 6.07) is 5.79. The van der Waals surface area contributed by atoms with Gasteiger partial charge in [0.05, 0.1) is 15.4 Å². The summed E-state index contributed by atoms with van der Waals surface area (Å²) in [5, 5.41) is 2.09. The second kappa shape index (κ2) is 7.81. The lowest BCUT2D eigenvalue weighted by Crippen LogP contribution is -2.20. The van der Waals surface area contributed by atoms with E-state index in [0.717, 1.165) is 34.2 Å². The van der Waals surface area contributed by atoms with Crippen molar-refractivity contribution in [1.82, 2.24) is 9.97 Å². The Morgan fingerprint density at radius 3 is 2.46 bits per heavy atom. The third kappa shape index (κ3) is 3.87. The van der Waals surface area contributed by atoms with Crippen LogP contribution >= 0.6 is 34.5 Å². The molecule has 6 heteroatoms. The van der Waals surface area contributed by atoms with Gasteiger partial charge in [0.15, 0.2) is 0 Å². The molecular formula is C22H24Cl2N2OS. The lowest BCUT2D eigenvalue weighted by Gasteiger charge is -2.23. The van der Waals surface area contributed by atoms with Crippen molar-refractivity contribution in [2.75, 3.05) is 0 Å². The number of hydrogen-bond donors (Lipinski definition) is 0. The molecule has 1 aliphatic rings. The normalized spacial score (nSPS) is 15.9. The minimum Gasteiger partial charge on any atom is -0.474 e. The van der Waals surface area contributed by atoms with Crippen LogP contribution in [-0.4, -0.2) is 16.1 Å². The van der Waals surface area contributed by atoms with Gasteiger partial charge in [0.25, 0.3) is 0 Å². The van der Waals surface area contributed by atoms with Crippen LogP contribution in [0.3, 0.4) is 0 Å². The maximum absolute atomic E-state index is 6.41. The molecule has 0 N–H and O–H groups in total. The summed E-state index contributed by atoms with van der Waals surface area (Å²) in [5.41, 5.74) is 2.08. The van der Waals surface area contributed by atoms with Gasteiger partial charge in [0, 0.05) is 10.4 Å². The Morgan fingerprint density at radius 2 is 1.79 bits per heavy atom. The molecule has 1 aliphatic carbocycles. The first-order valence-corrected chi connectivity index (χ1v) is 11.3. The van der Waals surface area contributed by atoms with Gasteiger partial charge in [0.1, 0.15) is 17.3 Å². The first-order chi connectivity index (χ1) is 13.3. The van der Waals surface area contributed by atoms with E-state index in [0.29, 0.717) is 15.9 Å². The van der Waals surface area contributed by atoms with E-state index >= 15 is 0 Å². The highest BCUT2D eigenvalue weighted by atomic mass is 35.5. The van der Waals surface area contributed by atoms with Crippen molar-refractivity contribution in [3.8, 4) is 17.0 Å². The molecule has 0 saturated heterocycles. The number of hydrogen-bond acceptors (Lipinski definition) is 4. The van der Waals surface area contributed by atoms with Crippen LogP contribution < -0.4 is 4.74 Å². The topological polar surface area (TPSA) is 35.0 Å². The van der Waals surface area contributed by atoms with Crippen LogP contribution in [0.4, 0.5) is 0 Å². The standard InChI is InChI=1S/C22H24Cl2N2OS/c1-22(2,3)19-17(13-9-10-15(23)16(24)11-13)18-20(25-12-26-21(18)28-19)27-14-7-5-4-6-8-14/h9-12,14H,4-8H2,1-3H3. The first kappa shape index (κ1) is 19.9. The summed E-state index contributed by atoms with van der Waals surface area (Å²) in [4.78, 5) is 11.3. The van der Waals surface area contributed by atoms with Gasteiger partial charge in [-0.1, -0.05) is 56.5 Å². The van der Waals surface area contributed by atoms with Crippen molar-refractivity contribution >= 4 is 44.8 Å². The van der Waals surface area contributed by atoms with Crippen molar-refractivity contribution in [2.45, 2.75) is 64.4 Å². The Morgan fingerprint density at radius 1 is 1.04 bits per heavy atom. The number of benzene rings is 1. The zero-order valence-corrected chi connectivity index (χ0v) is 18.7. The molecule has 3 nitrogen and oxygen atoms in total. The predicted octanol–water partition coefficient (Wildman–Crippen LogP) is 7.67. The molecule has 1 saturated carbocycles. The molecule has 2 aromatic heterocycles. The highest BCUT2D eigenvalue weighted by Gasteiger charge is 2.28. The van der Waals surface area contributed by atoms with Gasteiger partial charge >= 0.3 is 0 Å². The lowest BCUT2D eigenvalue weighted by molar-refractivity contribution is 0.151. The highest BCUT2D eigenvalue weighted by molar-refractivity contribution is 7.19. The number of nitrogens with zero attached hydrogens (tertiary/aromatic N) is 2. The molecule has 28 heavy (non-hydrogen) atoms. The number of aromatic nitrogens is 2. The largest absolute Gasteiger partial charge is 0.474 e. The van der Waals surface area contributed by atoms with Gasteiger partial charge < -0.3 is 4.74 Å². The Balaban J connectivity index is 1.92. The Hall–Kier alpha value is -1.36. The Kier molecular flexibility index (Phi) is 5.56. The van der Waals surface area contributed by atoms with E-state index in [1.165, 1.54) is 24.1 Å². The third-order valence-electron chi connectivity index (χ3n) is 5.17. The molecule has 0 atom stereocenters. The van der Waals surface area contributed by atoms with Gasteiger partial charge in [-0.3, -0.25) is 0 Å². The molecule has 3 aromatic rings. The van der Waals surface area contributed by atoms with Gasteiger partial charge in [0.2, 0.25) is 5.88 Å². The van der Waals surface area contributed by atoms with Crippen molar-refractivity contribution in [3.05, 3.63) is 39.4 Å². The molecule has 4 rings (SSSR count). The second-order valence-corrected chi connectivity index (χ2v) is 10.2. The fourth-order valence-corrected chi connectivity index (χ4v) is 5.30. The summed E-state index contributed by atoms with van der Waals surface area (Å²) in [6.07, 6.45) is 7.74. The van der Waals surface area contributed by atoms with Gasteiger partial charge in [-0.2, -0.15) is 0 Å². The summed E-state index contributed by atoms with van der Waals surface area (Å²) < 4.78 is 6.41. The molecule has 0 bridgehead atoms. The van der Waals surface area contributed by atoms with Crippen molar-refractivity contribution in [2.24, 2.45) is 0 Å². The third-order valence-corrected chi connectivity index (χ3v) is 7.44. The van der Waals surface area contributed by atoms with Crippen molar-refractivity contribution in [1.29, 1.82) is 0 Å². The zero-order valence-electron chi connectivity index (χ0n) is 16.4. The van der Waals surface area contributed by atoms with Crippen LogP contribution in [0.25, 0.3) is 21.3 Å². The predicted molar refractivity (Wildman–Crippen MR) is 119 cm³/mol. The molecule has 0 radical (unpaired) electrons. The summed E-state index contributed by atoms with van der Waals surface area (Å²) in [5.74, 6) is 0.685. The average Bonchev–Trinajstić information content (AvgIpc) is 3.06. The SMILES string of the molecule is CC(C)(C)c1sc2ncnc(OC3CCCCC3)c2c1-c1ccc(Cl)c(Cl)c1. The van der Waals surface area contributed by atoms with E-state index in [9.17, 15) is 0 Å². The molecule has 0 unspecified atom stereocenters. The van der Waals surface area contributed by atoms with Crippen LogP contribution in [0.5, 0.6) is 5.88 Å². The zero-order chi connectivity index (χ0) is 19.9. The van der Waals surface area contributed by atoms with E-state index in [1.807, 2.05) is 18.2 Å². The number of ether oxygens (including phenoxy) is 1. The minimum absolute atomic E-state index is 0.0467. The number of thiophene rings is 1. The molecule has 2 heterocycles. The molecule has 0 aliphatic heterocycles. The van der Waals surface area contributed by atoms with E-state index < -0.39 is 0 Å². The Labute approximate surface area is 180 Å². The van der Waals surface area contributed by atoms with Crippen LogP contribution in [0.15, 0.2) is 24.5 Å². The fourth-order valence-electron chi connectivity index (χ4n) is 3.79. The van der Waals surface area contributed by atoms with Gasteiger partial charge in [-0.05, 0) is 48.8 Å². The maximum Gasteiger partial charge on any atom is 0.226 e. The van der Waals surface area contributed by atoms with E-state index in [4.69, 9.17) is 27.9 Å². The fraction of sp³-hybridized carbons (Fsp3) is 0.455. The molecule has 148 valence electrons. The monoisotopic (exact) mass is 434 g/mol. The van der Waals surface area contributed by atoms with Crippen molar-refractivity contribution < 1.29 is 4.74 Å². The molecular weight excluding hydrogens is 411 g/mol. The molecule has 0 spiro atoms. The minimum atomic E-state index is -0.0467. The number of rotatable bonds is 3. The van der Waals surface area contributed by atoms with Crippen LogP contribution in [0.1, 0.15) is 57.8 Å². The summed E-state index contributed by atoms with van der Waals surface area (Å²) >= 11 is 14.2. The first-order valence-electron chi connectivity index (χ1n) is 9.74. The van der Waals surface area contributed by atoms with Crippen molar-refractivity contribution in [3.63, 3.8) is 0 Å². The van der Waals surface area contributed by atoms with Crippen LogP contribution in [0.2, 0.25) is 10.0 Å². The van der Waals surface area contributed by atoms with E-state index in [-0.39, 0.29) is 11.5 Å². The highest BCUT2D eigenvalue weighted by Crippen LogP contribution is 2.47. The molecule has 0 amide bonds.